The summed E-state index contributed by atoms with van der Waals surface area (Å²) in [4.78, 5) is 11.5. The first kappa shape index (κ1) is 10.7. The van der Waals surface area contributed by atoms with Crippen LogP contribution in [0.2, 0.25) is 0 Å². The third kappa shape index (κ3) is 1.49. The van der Waals surface area contributed by atoms with Gasteiger partial charge in [-0.25, -0.2) is 4.79 Å². The van der Waals surface area contributed by atoms with E-state index in [1.54, 1.807) is 0 Å². The summed E-state index contributed by atoms with van der Waals surface area (Å²) < 4.78 is 10.8. The van der Waals surface area contributed by atoms with Crippen molar-refractivity contribution in [1.29, 1.82) is 0 Å². The van der Waals surface area contributed by atoms with Gasteiger partial charge in [0.25, 0.3) is 0 Å². The molecule has 2 atom stereocenters. The molecular weight excluding hydrogens is 192 g/mol. The van der Waals surface area contributed by atoms with Crippen LogP contribution in [0.5, 0.6) is 0 Å². The van der Waals surface area contributed by atoms with Crippen molar-refractivity contribution >= 4 is 5.97 Å². The molecule has 0 N–H and O–H groups in total. The highest BCUT2D eigenvalue weighted by Gasteiger charge is 2.54. The Hall–Kier alpha value is -0.830. The number of hydrogen-bond donors (Lipinski definition) is 0. The van der Waals surface area contributed by atoms with Gasteiger partial charge in [0, 0.05) is 5.92 Å². The van der Waals surface area contributed by atoms with Crippen molar-refractivity contribution in [2.45, 2.75) is 44.8 Å². The molecule has 0 amide bonds. The Morgan fingerprint density at radius 3 is 2.80 bits per heavy atom. The van der Waals surface area contributed by atoms with Crippen LogP contribution in [0.1, 0.15) is 33.6 Å². The molecule has 2 rings (SSSR count). The molecule has 1 aliphatic heterocycles. The van der Waals surface area contributed by atoms with E-state index in [2.05, 4.69) is 13.8 Å². The topological polar surface area (TPSA) is 35.5 Å². The van der Waals surface area contributed by atoms with Crippen LogP contribution >= 0.6 is 0 Å². The van der Waals surface area contributed by atoms with E-state index in [9.17, 15) is 4.79 Å². The Kier molecular flexibility index (Phi) is 2.19. The summed E-state index contributed by atoms with van der Waals surface area (Å²) in [6.07, 6.45) is 4.11. The molecule has 0 radical (unpaired) electrons. The number of hydrogen-bond acceptors (Lipinski definition) is 3. The number of rotatable bonds is 1. The van der Waals surface area contributed by atoms with Crippen LogP contribution in [0.25, 0.3) is 0 Å². The van der Waals surface area contributed by atoms with E-state index < -0.39 is 5.60 Å². The van der Waals surface area contributed by atoms with Crippen molar-refractivity contribution in [2.75, 3.05) is 7.11 Å². The molecule has 1 saturated heterocycles. The highest BCUT2D eigenvalue weighted by molar-refractivity contribution is 5.93. The first-order chi connectivity index (χ1) is 6.89. The minimum Gasteiger partial charge on any atom is -0.466 e. The van der Waals surface area contributed by atoms with Gasteiger partial charge < -0.3 is 9.47 Å². The van der Waals surface area contributed by atoms with E-state index in [1.807, 2.05) is 13.0 Å². The number of carbonyl (C=O) groups is 1. The lowest BCUT2D eigenvalue weighted by Gasteiger charge is -2.53. The van der Waals surface area contributed by atoms with E-state index in [0.29, 0.717) is 11.5 Å². The monoisotopic (exact) mass is 210 g/mol. The molecule has 1 heterocycles. The van der Waals surface area contributed by atoms with E-state index in [-0.39, 0.29) is 11.6 Å². The van der Waals surface area contributed by atoms with Crippen molar-refractivity contribution in [2.24, 2.45) is 5.92 Å². The Bertz CT molecular complexity index is 330. The van der Waals surface area contributed by atoms with E-state index in [0.717, 1.165) is 12.8 Å². The molecule has 0 aromatic carbocycles. The average Bonchev–Trinajstić information content (AvgIpc) is 2.12. The summed E-state index contributed by atoms with van der Waals surface area (Å²) >= 11 is 0. The van der Waals surface area contributed by atoms with Gasteiger partial charge in [-0.1, -0.05) is 6.08 Å². The number of methoxy groups -OCH3 is 1. The second-order valence-electron chi connectivity index (χ2n) is 5.19. The summed E-state index contributed by atoms with van der Waals surface area (Å²) in [5.41, 5.74) is 0.121. The Balaban J connectivity index is 2.23. The maximum atomic E-state index is 11.5. The van der Waals surface area contributed by atoms with Gasteiger partial charge in [-0.3, -0.25) is 0 Å². The first-order valence-electron chi connectivity index (χ1n) is 5.40. The zero-order valence-corrected chi connectivity index (χ0v) is 9.79. The second kappa shape index (κ2) is 3.08. The molecule has 0 bridgehead atoms. The van der Waals surface area contributed by atoms with Gasteiger partial charge in [-0.05, 0) is 33.6 Å². The van der Waals surface area contributed by atoms with Gasteiger partial charge >= 0.3 is 5.97 Å². The normalized spacial score (nSPS) is 37.3. The summed E-state index contributed by atoms with van der Waals surface area (Å²) in [5, 5.41) is 0. The molecule has 0 unspecified atom stereocenters. The molecule has 15 heavy (non-hydrogen) atoms. The van der Waals surface area contributed by atoms with Crippen LogP contribution in [-0.4, -0.2) is 24.3 Å². The van der Waals surface area contributed by atoms with Gasteiger partial charge in [0.1, 0.15) is 5.60 Å². The van der Waals surface area contributed by atoms with Crippen molar-refractivity contribution in [3.8, 4) is 0 Å². The average molecular weight is 210 g/mol. The first-order valence-corrected chi connectivity index (χ1v) is 5.40. The molecule has 0 aromatic heterocycles. The lowest BCUT2D eigenvalue weighted by Crippen LogP contribution is -2.56. The Labute approximate surface area is 90.4 Å². The third-order valence-corrected chi connectivity index (χ3v) is 3.56. The van der Waals surface area contributed by atoms with Crippen molar-refractivity contribution in [3.05, 3.63) is 11.6 Å². The molecular formula is C12H18O3. The predicted molar refractivity (Wildman–Crippen MR) is 56.4 cm³/mol. The van der Waals surface area contributed by atoms with Crippen LogP contribution < -0.4 is 0 Å². The van der Waals surface area contributed by atoms with Gasteiger partial charge in [-0.2, -0.15) is 0 Å². The number of ether oxygens (including phenoxy) is 2. The third-order valence-electron chi connectivity index (χ3n) is 3.56. The SMILES string of the molecule is COC(=O)C1=C[C@H]2CCC(C)(C)O[C@@]12C. The summed E-state index contributed by atoms with van der Waals surface area (Å²) in [5.74, 6) is 0.117. The lowest BCUT2D eigenvalue weighted by atomic mass is 9.66. The number of esters is 1. The maximum absolute atomic E-state index is 11.5. The largest absolute Gasteiger partial charge is 0.466 e. The fourth-order valence-electron chi connectivity index (χ4n) is 2.63. The summed E-state index contributed by atoms with van der Waals surface area (Å²) in [7, 11) is 1.41. The quantitative estimate of drug-likeness (QED) is 0.621. The van der Waals surface area contributed by atoms with Crippen LogP contribution in [0.4, 0.5) is 0 Å². The van der Waals surface area contributed by atoms with E-state index in [4.69, 9.17) is 9.47 Å². The predicted octanol–water partition coefficient (Wildman–Crippen LogP) is 2.06. The smallest absolute Gasteiger partial charge is 0.336 e. The highest BCUT2D eigenvalue weighted by Crippen LogP contribution is 2.50. The van der Waals surface area contributed by atoms with Gasteiger partial charge in [-0.15, -0.1) is 0 Å². The Morgan fingerprint density at radius 1 is 1.53 bits per heavy atom. The molecule has 0 saturated carbocycles. The van der Waals surface area contributed by atoms with Crippen LogP contribution in [0.15, 0.2) is 11.6 Å². The summed E-state index contributed by atoms with van der Waals surface area (Å²) in [6.45, 7) is 6.13. The minimum absolute atomic E-state index is 0.140. The molecule has 0 spiro atoms. The van der Waals surface area contributed by atoms with Gasteiger partial charge in [0.15, 0.2) is 0 Å². The minimum atomic E-state index is -0.422. The van der Waals surface area contributed by atoms with Crippen molar-refractivity contribution in [3.63, 3.8) is 0 Å². The van der Waals surface area contributed by atoms with Crippen LogP contribution in [0, 0.1) is 5.92 Å². The molecule has 3 heteroatoms. The number of fused-ring (bicyclic) bond motifs is 1. The summed E-state index contributed by atoms with van der Waals surface area (Å²) in [6, 6.07) is 0. The van der Waals surface area contributed by atoms with Crippen molar-refractivity contribution < 1.29 is 14.3 Å². The Morgan fingerprint density at radius 2 is 2.20 bits per heavy atom. The van der Waals surface area contributed by atoms with Crippen molar-refractivity contribution in [1.82, 2.24) is 0 Å². The molecule has 84 valence electrons. The standard InChI is InChI=1S/C12H18O3/c1-11(2)6-5-8-7-9(10(13)14-4)12(8,3)15-11/h7-8H,5-6H2,1-4H3/t8-,12-/m1/s1. The highest BCUT2D eigenvalue weighted by atomic mass is 16.5. The maximum Gasteiger partial charge on any atom is 0.336 e. The van der Waals surface area contributed by atoms with E-state index in [1.165, 1.54) is 7.11 Å². The van der Waals surface area contributed by atoms with Crippen LogP contribution in [0.3, 0.4) is 0 Å². The van der Waals surface area contributed by atoms with E-state index >= 15 is 0 Å². The zero-order valence-electron chi connectivity index (χ0n) is 9.79. The fraction of sp³-hybridized carbons (Fsp3) is 0.750. The van der Waals surface area contributed by atoms with Gasteiger partial charge in [0.05, 0.1) is 18.3 Å². The molecule has 1 fully saturated rings. The fourth-order valence-corrected chi connectivity index (χ4v) is 2.63. The molecule has 2 aliphatic rings. The zero-order chi connectivity index (χ0) is 11.3. The molecule has 3 nitrogen and oxygen atoms in total. The lowest BCUT2D eigenvalue weighted by molar-refractivity contribution is -0.185. The number of carbonyl (C=O) groups excluding carboxylic acids is 1. The second-order valence-corrected chi connectivity index (χ2v) is 5.19. The molecule has 1 aliphatic carbocycles. The van der Waals surface area contributed by atoms with Gasteiger partial charge in [0.2, 0.25) is 0 Å². The molecule has 0 aromatic rings. The van der Waals surface area contributed by atoms with Crippen LogP contribution in [-0.2, 0) is 14.3 Å².